The van der Waals surface area contributed by atoms with Crippen molar-refractivity contribution in [1.82, 2.24) is 10.2 Å². The van der Waals surface area contributed by atoms with E-state index in [9.17, 15) is 4.79 Å². The summed E-state index contributed by atoms with van der Waals surface area (Å²) in [5, 5.41) is 3.30. The van der Waals surface area contributed by atoms with Crippen LogP contribution in [0.15, 0.2) is 0 Å². The molecule has 1 amide bonds. The van der Waals surface area contributed by atoms with Crippen molar-refractivity contribution < 1.29 is 9.53 Å². The van der Waals surface area contributed by atoms with Gasteiger partial charge in [-0.3, -0.25) is 0 Å². The topological polar surface area (TPSA) is 41.6 Å². The van der Waals surface area contributed by atoms with Crippen LogP contribution in [0.1, 0.15) is 13.3 Å². The Balaban J connectivity index is 2.30. The van der Waals surface area contributed by atoms with Gasteiger partial charge in [0.05, 0.1) is 7.11 Å². The number of rotatable bonds is 2. The summed E-state index contributed by atoms with van der Waals surface area (Å²) in [5.74, 6) is 0. The zero-order chi connectivity index (χ0) is 8.97. The van der Waals surface area contributed by atoms with E-state index in [0.29, 0.717) is 6.04 Å². The van der Waals surface area contributed by atoms with E-state index in [1.165, 1.54) is 7.11 Å². The molecule has 0 aromatic carbocycles. The molecule has 1 N–H and O–H groups in total. The van der Waals surface area contributed by atoms with Crippen LogP contribution in [0.2, 0.25) is 0 Å². The van der Waals surface area contributed by atoms with Gasteiger partial charge in [0.25, 0.3) is 0 Å². The van der Waals surface area contributed by atoms with Gasteiger partial charge in [-0.15, -0.1) is 0 Å². The number of amides is 1. The number of likely N-dealkylation sites (N-methyl/N-ethyl adjacent to an activating group) is 1. The molecule has 0 aromatic rings. The molecule has 0 radical (unpaired) electrons. The van der Waals surface area contributed by atoms with E-state index in [-0.39, 0.29) is 6.09 Å². The first-order chi connectivity index (χ1) is 5.77. The van der Waals surface area contributed by atoms with Gasteiger partial charge in [-0.1, -0.05) is 6.92 Å². The van der Waals surface area contributed by atoms with Gasteiger partial charge in [-0.05, 0) is 13.0 Å². The lowest BCUT2D eigenvalue weighted by molar-refractivity contribution is 0.132. The van der Waals surface area contributed by atoms with Crippen LogP contribution in [-0.2, 0) is 4.74 Å². The molecule has 1 fully saturated rings. The van der Waals surface area contributed by atoms with Crippen molar-refractivity contribution in [3.8, 4) is 0 Å². The lowest BCUT2D eigenvalue weighted by Gasteiger charge is -2.14. The highest BCUT2D eigenvalue weighted by Gasteiger charge is 2.25. The van der Waals surface area contributed by atoms with Crippen LogP contribution in [0, 0.1) is 0 Å². The van der Waals surface area contributed by atoms with E-state index in [4.69, 9.17) is 0 Å². The molecular formula is C8H16N2O2. The summed E-state index contributed by atoms with van der Waals surface area (Å²) < 4.78 is 4.62. The minimum absolute atomic E-state index is 0.213. The summed E-state index contributed by atoms with van der Waals surface area (Å²) in [6.45, 7) is 4.62. The van der Waals surface area contributed by atoms with Gasteiger partial charge in [-0.25, -0.2) is 4.79 Å². The third-order valence-corrected chi connectivity index (χ3v) is 2.11. The van der Waals surface area contributed by atoms with Crippen LogP contribution in [0.5, 0.6) is 0 Å². The number of nitrogens with one attached hydrogen (secondary N) is 1. The van der Waals surface area contributed by atoms with Crippen LogP contribution in [0.4, 0.5) is 4.79 Å². The SMILES string of the molecule is CCNC1CCN(C(=O)OC)C1. The molecule has 1 aliphatic rings. The van der Waals surface area contributed by atoms with Crippen molar-refractivity contribution in [1.29, 1.82) is 0 Å². The molecule has 1 atom stereocenters. The van der Waals surface area contributed by atoms with E-state index in [1.807, 2.05) is 0 Å². The third-order valence-electron chi connectivity index (χ3n) is 2.11. The van der Waals surface area contributed by atoms with Crippen molar-refractivity contribution >= 4 is 6.09 Å². The van der Waals surface area contributed by atoms with Gasteiger partial charge in [0.2, 0.25) is 0 Å². The zero-order valence-electron chi connectivity index (χ0n) is 7.67. The molecule has 0 spiro atoms. The summed E-state index contributed by atoms with van der Waals surface area (Å²) in [4.78, 5) is 12.8. The number of likely N-dealkylation sites (tertiary alicyclic amines) is 1. The normalized spacial score (nSPS) is 22.8. The fourth-order valence-corrected chi connectivity index (χ4v) is 1.51. The van der Waals surface area contributed by atoms with Crippen molar-refractivity contribution in [3.63, 3.8) is 0 Å². The van der Waals surface area contributed by atoms with Crippen LogP contribution in [0.25, 0.3) is 0 Å². The number of carbonyl (C=O) groups excluding carboxylic acids is 1. The van der Waals surface area contributed by atoms with Gasteiger partial charge in [-0.2, -0.15) is 0 Å². The second kappa shape index (κ2) is 4.30. The number of hydrogen-bond acceptors (Lipinski definition) is 3. The Morgan fingerprint density at radius 3 is 3.08 bits per heavy atom. The molecule has 0 saturated carbocycles. The predicted molar refractivity (Wildman–Crippen MR) is 46.1 cm³/mol. The molecule has 1 heterocycles. The van der Waals surface area contributed by atoms with Crippen LogP contribution in [0.3, 0.4) is 0 Å². The molecule has 0 bridgehead atoms. The van der Waals surface area contributed by atoms with Gasteiger partial charge in [0.1, 0.15) is 0 Å². The number of methoxy groups -OCH3 is 1. The molecule has 70 valence electrons. The number of ether oxygens (including phenoxy) is 1. The first-order valence-electron chi connectivity index (χ1n) is 4.34. The standard InChI is InChI=1S/C8H16N2O2/c1-3-9-7-4-5-10(6-7)8(11)12-2/h7,9H,3-6H2,1-2H3. The Bertz CT molecular complexity index is 161. The number of nitrogens with zero attached hydrogens (tertiary/aromatic N) is 1. The van der Waals surface area contributed by atoms with Crippen molar-refractivity contribution in [2.45, 2.75) is 19.4 Å². The minimum Gasteiger partial charge on any atom is -0.453 e. The maximum Gasteiger partial charge on any atom is 0.409 e. The summed E-state index contributed by atoms with van der Waals surface area (Å²) in [6, 6.07) is 0.453. The largest absolute Gasteiger partial charge is 0.453 e. The van der Waals surface area contributed by atoms with Crippen molar-refractivity contribution in [2.75, 3.05) is 26.7 Å². The number of carbonyl (C=O) groups is 1. The summed E-state index contributed by atoms with van der Waals surface area (Å²) in [6.07, 6.45) is 0.818. The second-order valence-corrected chi connectivity index (χ2v) is 2.96. The van der Waals surface area contributed by atoms with E-state index in [2.05, 4.69) is 17.0 Å². The Kier molecular flexibility index (Phi) is 3.34. The van der Waals surface area contributed by atoms with Crippen LogP contribution in [-0.4, -0.2) is 43.8 Å². The fraction of sp³-hybridized carbons (Fsp3) is 0.875. The monoisotopic (exact) mass is 172 g/mol. The lowest BCUT2D eigenvalue weighted by atomic mass is 10.3. The average Bonchev–Trinajstić information content (AvgIpc) is 2.52. The smallest absolute Gasteiger partial charge is 0.409 e. The van der Waals surface area contributed by atoms with E-state index >= 15 is 0 Å². The van der Waals surface area contributed by atoms with Crippen LogP contribution < -0.4 is 5.32 Å². The zero-order valence-corrected chi connectivity index (χ0v) is 7.67. The molecular weight excluding hydrogens is 156 g/mol. The second-order valence-electron chi connectivity index (χ2n) is 2.96. The van der Waals surface area contributed by atoms with E-state index in [0.717, 1.165) is 26.1 Å². The Morgan fingerprint density at radius 2 is 2.50 bits per heavy atom. The summed E-state index contributed by atoms with van der Waals surface area (Å²) in [5.41, 5.74) is 0. The molecule has 12 heavy (non-hydrogen) atoms. The molecule has 1 saturated heterocycles. The summed E-state index contributed by atoms with van der Waals surface area (Å²) >= 11 is 0. The Labute approximate surface area is 72.9 Å². The van der Waals surface area contributed by atoms with Crippen molar-refractivity contribution in [2.24, 2.45) is 0 Å². The Hall–Kier alpha value is -0.770. The number of hydrogen-bond donors (Lipinski definition) is 1. The predicted octanol–water partition coefficient (Wildman–Crippen LogP) is 0.437. The average molecular weight is 172 g/mol. The molecule has 1 aliphatic heterocycles. The van der Waals surface area contributed by atoms with Gasteiger partial charge >= 0.3 is 6.09 Å². The maximum absolute atomic E-state index is 11.0. The van der Waals surface area contributed by atoms with Gasteiger partial charge < -0.3 is 15.0 Å². The van der Waals surface area contributed by atoms with E-state index in [1.54, 1.807) is 4.90 Å². The first kappa shape index (κ1) is 9.32. The highest BCUT2D eigenvalue weighted by Crippen LogP contribution is 2.09. The van der Waals surface area contributed by atoms with Crippen molar-refractivity contribution in [3.05, 3.63) is 0 Å². The molecule has 0 aromatic heterocycles. The van der Waals surface area contributed by atoms with Gasteiger partial charge in [0.15, 0.2) is 0 Å². The first-order valence-corrected chi connectivity index (χ1v) is 4.34. The lowest BCUT2D eigenvalue weighted by Crippen LogP contribution is -2.34. The molecule has 1 unspecified atom stereocenters. The third kappa shape index (κ3) is 2.11. The highest BCUT2D eigenvalue weighted by atomic mass is 16.5. The van der Waals surface area contributed by atoms with Crippen LogP contribution >= 0.6 is 0 Å². The quantitative estimate of drug-likeness (QED) is 0.657. The fourth-order valence-electron chi connectivity index (χ4n) is 1.51. The summed E-state index contributed by atoms with van der Waals surface area (Å²) in [7, 11) is 1.42. The molecule has 0 aliphatic carbocycles. The molecule has 1 rings (SSSR count). The highest BCUT2D eigenvalue weighted by molar-refractivity contribution is 5.67. The van der Waals surface area contributed by atoms with E-state index < -0.39 is 0 Å². The minimum atomic E-state index is -0.213. The molecule has 4 nitrogen and oxygen atoms in total. The molecule has 4 heteroatoms. The Morgan fingerprint density at radius 1 is 1.75 bits per heavy atom. The maximum atomic E-state index is 11.0. The van der Waals surface area contributed by atoms with Gasteiger partial charge in [0, 0.05) is 19.1 Å².